The van der Waals surface area contributed by atoms with E-state index in [2.05, 4.69) is 38.1 Å². The molecule has 2 aliphatic rings. The molecular weight excluding hydrogens is 278 g/mol. The van der Waals surface area contributed by atoms with Crippen molar-refractivity contribution in [3.63, 3.8) is 0 Å². The largest absolute Gasteiger partial charge is 0.448 e. The summed E-state index contributed by atoms with van der Waals surface area (Å²) < 4.78 is 5.26. The van der Waals surface area contributed by atoms with Crippen molar-refractivity contribution in [2.45, 2.75) is 38.8 Å². The van der Waals surface area contributed by atoms with Gasteiger partial charge in [0.05, 0.1) is 11.4 Å². The molecule has 3 heterocycles. The van der Waals surface area contributed by atoms with Gasteiger partial charge in [-0.1, -0.05) is 0 Å². The number of hydrogen-bond acceptors (Lipinski definition) is 6. The van der Waals surface area contributed by atoms with Gasteiger partial charge in [-0.05, 0) is 44.9 Å². The van der Waals surface area contributed by atoms with Crippen molar-refractivity contribution in [3.05, 3.63) is 35.2 Å². The molecule has 6 heteroatoms. The molecule has 2 aromatic rings. The predicted octanol–water partition coefficient (Wildman–Crippen LogP) is 1.58. The number of aromatic nitrogens is 3. The summed E-state index contributed by atoms with van der Waals surface area (Å²) in [6.07, 6.45) is 4.98. The van der Waals surface area contributed by atoms with Gasteiger partial charge in [-0.25, -0.2) is 4.98 Å². The van der Waals surface area contributed by atoms with Crippen LogP contribution in [0.5, 0.6) is 0 Å². The van der Waals surface area contributed by atoms with E-state index in [1.54, 1.807) is 0 Å². The summed E-state index contributed by atoms with van der Waals surface area (Å²) in [5, 5.41) is 8.76. The number of aryl methyl sites for hydroxylation is 3. The molecule has 0 amide bonds. The van der Waals surface area contributed by atoms with Gasteiger partial charge in [0.2, 0.25) is 0 Å². The van der Waals surface area contributed by atoms with Gasteiger partial charge in [-0.2, -0.15) is 5.10 Å². The molecule has 0 unspecified atom stereocenters. The summed E-state index contributed by atoms with van der Waals surface area (Å²) >= 11 is 0. The van der Waals surface area contributed by atoms with E-state index in [0.29, 0.717) is 6.04 Å². The Hall–Kier alpha value is -1.95. The summed E-state index contributed by atoms with van der Waals surface area (Å²) in [5.41, 5.74) is 3.61. The molecule has 22 heavy (non-hydrogen) atoms. The SMILES string of the molecule is Cc1ocnc1CN(C)C1CN(c2cc3c(nn2)CCC3)C1. The summed E-state index contributed by atoms with van der Waals surface area (Å²) in [7, 11) is 2.14. The molecule has 0 N–H and O–H groups in total. The van der Waals surface area contributed by atoms with Crippen molar-refractivity contribution in [1.82, 2.24) is 20.1 Å². The van der Waals surface area contributed by atoms with Gasteiger partial charge in [0, 0.05) is 25.7 Å². The topological polar surface area (TPSA) is 58.3 Å². The summed E-state index contributed by atoms with van der Waals surface area (Å²) in [6, 6.07) is 2.76. The normalized spacial score (nSPS) is 17.9. The van der Waals surface area contributed by atoms with Crippen LogP contribution in [0.15, 0.2) is 16.9 Å². The smallest absolute Gasteiger partial charge is 0.181 e. The van der Waals surface area contributed by atoms with Crippen molar-refractivity contribution in [3.8, 4) is 0 Å². The van der Waals surface area contributed by atoms with E-state index < -0.39 is 0 Å². The highest BCUT2D eigenvalue weighted by molar-refractivity contribution is 5.45. The lowest BCUT2D eigenvalue weighted by atomic mass is 10.1. The first-order valence-corrected chi connectivity index (χ1v) is 7.90. The molecule has 1 aliphatic heterocycles. The van der Waals surface area contributed by atoms with E-state index in [1.807, 2.05) is 6.92 Å². The Morgan fingerprint density at radius 2 is 2.18 bits per heavy atom. The minimum Gasteiger partial charge on any atom is -0.448 e. The Bertz CT molecular complexity index is 677. The lowest BCUT2D eigenvalue weighted by molar-refractivity contribution is 0.194. The predicted molar refractivity (Wildman–Crippen MR) is 82.8 cm³/mol. The zero-order chi connectivity index (χ0) is 15.1. The van der Waals surface area contributed by atoms with Crippen LogP contribution in [-0.2, 0) is 19.4 Å². The molecule has 1 saturated heterocycles. The van der Waals surface area contributed by atoms with Crippen LogP contribution < -0.4 is 4.90 Å². The van der Waals surface area contributed by atoms with Crippen molar-refractivity contribution >= 4 is 5.82 Å². The van der Waals surface area contributed by atoms with E-state index in [4.69, 9.17) is 4.42 Å². The highest BCUT2D eigenvalue weighted by Gasteiger charge is 2.32. The van der Waals surface area contributed by atoms with Crippen molar-refractivity contribution in [1.29, 1.82) is 0 Å². The fourth-order valence-corrected chi connectivity index (χ4v) is 3.24. The Kier molecular flexibility index (Phi) is 3.33. The molecule has 0 aromatic carbocycles. The Morgan fingerprint density at radius 1 is 1.32 bits per heavy atom. The summed E-state index contributed by atoms with van der Waals surface area (Å²) in [4.78, 5) is 8.91. The van der Waals surface area contributed by atoms with Gasteiger partial charge >= 0.3 is 0 Å². The van der Waals surface area contributed by atoms with Gasteiger partial charge in [-0.15, -0.1) is 5.10 Å². The van der Waals surface area contributed by atoms with Gasteiger partial charge in [0.1, 0.15) is 5.76 Å². The van der Waals surface area contributed by atoms with Crippen LogP contribution in [0.1, 0.15) is 29.1 Å². The quantitative estimate of drug-likeness (QED) is 0.854. The first kappa shape index (κ1) is 13.7. The van der Waals surface area contributed by atoms with E-state index in [-0.39, 0.29) is 0 Å². The molecule has 2 aromatic heterocycles. The zero-order valence-electron chi connectivity index (χ0n) is 13.1. The number of hydrogen-bond donors (Lipinski definition) is 0. The van der Waals surface area contributed by atoms with Crippen LogP contribution in [0.4, 0.5) is 5.82 Å². The number of fused-ring (bicyclic) bond motifs is 1. The Balaban J connectivity index is 1.36. The third-order valence-electron chi connectivity index (χ3n) is 4.86. The van der Waals surface area contributed by atoms with Crippen LogP contribution >= 0.6 is 0 Å². The molecule has 4 rings (SSSR count). The van der Waals surface area contributed by atoms with Crippen LogP contribution in [0.2, 0.25) is 0 Å². The minimum absolute atomic E-state index is 0.533. The highest BCUT2D eigenvalue weighted by atomic mass is 16.3. The third kappa shape index (κ3) is 2.37. The molecule has 0 radical (unpaired) electrons. The standard InChI is InChI=1S/C16H21N5O/c1-11-15(17-10-22-11)9-20(2)13-7-21(8-13)16-6-12-4-3-5-14(12)18-19-16/h6,10,13H,3-5,7-9H2,1-2H3. The molecule has 0 saturated carbocycles. The maximum atomic E-state index is 5.26. The molecular formula is C16H21N5O. The molecule has 116 valence electrons. The molecule has 6 nitrogen and oxygen atoms in total. The van der Waals surface area contributed by atoms with Crippen molar-refractivity contribution in [2.75, 3.05) is 25.0 Å². The second kappa shape index (κ2) is 5.35. The van der Waals surface area contributed by atoms with E-state index in [0.717, 1.165) is 49.7 Å². The maximum absolute atomic E-state index is 5.26. The van der Waals surface area contributed by atoms with Gasteiger partial charge in [0.25, 0.3) is 0 Å². The monoisotopic (exact) mass is 299 g/mol. The van der Waals surface area contributed by atoms with Gasteiger partial charge in [-0.3, -0.25) is 4.90 Å². The van der Waals surface area contributed by atoms with Crippen LogP contribution in [0.25, 0.3) is 0 Å². The molecule has 0 spiro atoms. The van der Waals surface area contributed by atoms with E-state index in [1.165, 1.54) is 24.1 Å². The van der Waals surface area contributed by atoms with Crippen molar-refractivity contribution in [2.24, 2.45) is 0 Å². The lowest BCUT2D eigenvalue weighted by Gasteiger charge is -2.44. The Morgan fingerprint density at radius 3 is 2.95 bits per heavy atom. The molecule has 1 fully saturated rings. The highest BCUT2D eigenvalue weighted by Crippen LogP contribution is 2.26. The van der Waals surface area contributed by atoms with Crippen molar-refractivity contribution < 1.29 is 4.42 Å². The number of oxazole rings is 1. The average Bonchev–Trinajstić information content (AvgIpc) is 3.06. The third-order valence-corrected chi connectivity index (χ3v) is 4.86. The van der Waals surface area contributed by atoms with Gasteiger partial charge in [0.15, 0.2) is 12.2 Å². The van der Waals surface area contributed by atoms with E-state index >= 15 is 0 Å². The number of likely N-dealkylation sites (N-methyl/N-ethyl adjacent to an activating group) is 1. The lowest BCUT2D eigenvalue weighted by Crippen LogP contribution is -2.58. The first-order chi connectivity index (χ1) is 10.7. The van der Waals surface area contributed by atoms with Gasteiger partial charge < -0.3 is 9.32 Å². The molecule has 1 aliphatic carbocycles. The van der Waals surface area contributed by atoms with E-state index in [9.17, 15) is 0 Å². The first-order valence-electron chi connectivity index (χ1n) is 7.90. The molecule has 0 bridgehead atoms. The number of anilines is 1. The fraction of sp³-hybridized carbons (Fsp3) is 0.562. The second-order valence-corrected chi connectivity index (χ2v) is 6.36. The zero-order valence-corrected chi connectivity index (χ0v) is 13.1. The number of nitrogens with zero attached hydrogens (tertiary/aromatic N) is 5. The maximum Gasteiger partial charge on any atom is 0.181 e. The summed E-state index contributed by atoms with van der Waals surface area (Å²) in [5.74, 6) is 1.94. The molecule has 0 atom stereocenters. The summed E-state index contributed by atoms with van der Waals surface area (Å²) in [6.45, 7) is 4.79. The minimum atomic E-state index is 0.533. The average molecular weight is 299 g/mol. The van der Waals surface area contributed by atoms with Crippen LogP contribution in [0, 0.1) is 6.92 Å². The second-order valence-electron chi connectivity index (χ2n) is 6.36. The fourth-order valence-electron chi connectivity index (χ4n) is 3.24. The number of rotatable bonds is 4. The Labute approximate surface area is 130 Å². The van der Waals surface area contributed by atoms with Crippen LogP contribution in [-0.4, -0.2) is 46.3 Å². The van der Waals surface area contributed by atoms with Crippen LogP contribution in [0.3, 0.4) is 0 Å².